The van der Waals surface area contributed by atoms with Crippen molar-refractivity contribution in [1.82, 2.24) is 10.2 Å². The molecule has 2 N–H and O–H groups in total. The first-order valence-corrected chi connectivity index (χ1v) is 8.21. The third-order valence-electron chi connectivity index (χ3n) is 5.10. The van der Waals surface area contributed by atoms with Crippen LogP contribution in [-0.4, -0.2) is 41.1 Å². The third-order valence-corrected chi connectivity index (χ3v) is 5.10. The lowest BCUT2D eigenvalue weighted by Gasteiger charge is -2.35. The second-order valence-corrected chi connectivity index (χ2v) is 6.87. The Bertz CT molecular complexity index is 608. The van der Waals surface area contributed by atoms with Crippen LogP contribution >= 0.6 is 0 Å². The highest BCUT2D eigenvalue weighted by Crippen LogP contribution is 2.37. The zero-order valence-corrected chi connectivity index (χ0v) is 13.4. The maximum absolute atomic E-state index is 11.3. The number of amides is 1. The van der Waals surface area contributed by atoms with Crippen LogP contribution in [0.1, 0.15) is 30.9 Å². The normalized spacial score (nSPS) is 30.5. The van der Waals surface area contributed by atoms with Gasteiger partial charge in [-0.15, -0.1) is 0 Å². The minimum Gasteiger partial charge on any atom is -0.391 e. The fourth-order valence-corrected chi connectivity index (χ4v) is 4.02. The molecule has 2 fully saturated rings. The van der Waals surface area contributed by atoms with Crippen molar-refractivity contribution in [3.63, 3.8) is 0 Å². The Hall–Kier alpha value is -1.90. The molecule has 1 aliphatic heterocycles. The van der Waals surface area contributed by atoms with E-state index in [2.05, 4.69) is 16.3 Å². The first-order chi connectivity index (χ1) is 11.0. The maximum atomic E-state index is 11.3. The van der Waals surface area contributed by atoms with Gasteiger partial charge in [-0.3, -0.25) is 9.69 Å². The van der Waals surface area contributed by atoms with E-state index in [-0.39, 0.29) is 11.9 Å². The molecule has 1 saturated heterocycles. The molecule has 4 atom stereocenters. The van der Waals surface area contributed by atoms with Crippen LogP contribution in [0, 0.1) is 23.2 Å². The van der Waals surface area contributed by atoms with Gasteiger partial charge >= 0.3 is 0 Å². The molecule has 122 valence electrons. The third kappa shape index (κ3) is 3.72. The molecular formula is C18H23N3O2. The lowest BCUT2D eigenvalue weighted by molar-refractivity contribution is -0.121. The number of nitrogens with one attached hydrogen (secondary N) is 1. The smallest absolute Gasteiger partial charge is 0.217 e. The molecule has 1 aromatic rings. The van der Waals surface area contributed by atoms with Crippen molar-refractivity contribution in [3.8, 4) is 6.07 Å². The van der Waals surface area contributed by atoms with Crippen molar-refractivity contribution < 1.29 is 9.90 Å². The summed E-state index contributed by atoms with van der Waals surface area (Å²) in [5.41, 5.74) is 1.90. The number of hydrogen-bond acceptors (Lipinski definition) is 4. The molecule has 1 amide bonds. The number of nitrogens with zero attached hydrogens (tertiary/aromatic N) is 2. The van der Waals surface area contributed by atoms with Crippen LogP contribution in [0.2, 0.25) is 0 Å². The van der Waals surface area contributed by atoms with Crippen LogP contribution in [0.5, 0.6) is 0 Å². The van der Waals surface area contributed by atoms with Gasteiger partial charge in [-0.2, -0.15) is 5.26 Å². The Morgan fingerprint density at radius 1 is 1.30 bits per heavy atom. The van der Waals surface area contributed by atoms with Gasteiger partial charge in [-0.05, 0) is 42.4 Å². The molecule has 23 heavy (non-hydrogen) atoms. The number of hydrogen-bond donors (Lipinski definition) is 2. The van der Waals surface area contributed by atoms with E-state index in [0.29, 0.717) is 17.4 Å². The van der Waals surface area contributed by atoms with Crippen LogP contribution in [0.4, 0.5) is 0 Å². The average Bonchev–Trinajstić information content (AvgIpc) is 2.89. The number of carbonyl (C=O) groups excluding carboxylic acids is 1. The summed E-state index contributed by atoms with van der Waals surface area (Å²) in [4.78, 5) is 13.7. The molecule has 0 aromatic heterocycles. The standard InChI is InChI=1S/C18H23N3O2/c1-12(22)20-17-6-15-10-21(11-16(15)7-18(17)23)9-14-4-2-13(8-19)3-5-14/h2-5,15-18,23H,6-7,9-11H2,1H3,(H,20,22)/t15-,16+,17-,18-/m1/s1. The van der Waals surface area contributed by atoms with Gasteiger partial charge in [0.2, 0.25) is 5.91 Å². The van der Waals surface area contributed by atoms with Crippen LogP contribution < -0.4 is 5.32 Å². The van der Waals surface area contributed by atoms with E-state index in [9.17, 15) is 9.90 Å². The van der Waals surface area contributed by atoms with Crippen molar-refractivity contribution in [2.45, 2.75) is 38.5 Å². The summed E-state index contributed by atoms with van der Waals surface area (Å²) in [6.07, 6.45) is 1.18. The lowest BCUT2D eigenvalue weighted by Crippen LogP contribution is -2.48. The van der Waals surface area contributed by atoms with Crippen LogP contribution in [0.25, 0.3) is 0 Å². The van der Waals surface area contributed by atoms with E-state index in [4.69, 9.17) is 5.26 Å². The Kier molecular flexibility index (Phi) is 4.65. The first kappa shape index (κ1) is 16.0. The summed E-state index contributed by atoms with van der Waals surface area (Å²) >= 11 is 0. The lowest BCUT2D eigenvalue weighted by atomic mass is 9.77. The summed E-state index contributed by atoms with van der Waals surface area (Å²) < 4.78 is 0. The van der Waals surface area contributed by atoms with Gasteiger partial charge in [-0.1, -0.05) is 12.1 Å². The zero-order chi connectivity index (χ0) is 16.4. The monoisotopic (exact) mass is 313 g/mol. The number of aliphatic hydroxyl groups excluding tert-OH is 1. The topological polar surface area (TPSA) is 76.4 Å². The molecule has 0 unspecified atom stereocenters. The van der Waals surface area contributed by atoms with Gasteiger partial charge in [0, 0.05) is 26.6 Å². The highest BCUT2D eigenvalue weighted by atomic mass is 16.3. The summed E-state index contributed by atoms with van der Waals surface area (Å²) in [5, 5.41) is 22.0. The number of nitriles is 1. The molecule has 0 radical (unpaired) electrons. The predicted octanol–water partition coefficient (Wildman–Crippen LogP) is 1.27. The van der Waals surface area contributed by atoms with E-state index < -0.39 is 6.10 Å². The fourth-order valence-electron chi connectivity index (χ4n) is 4.02. The molecule has 5 nitrogen and oxygen atoms in total. The van der Waals surface area contributed by atoms with Crippen LogP contribution in [0.3, 0.4) is 0 Å². The Morgan fingerprint density at radius 3 is 2.57 bits per heavy atom. The van der Waals surface area contributed by atoms with Gasteiger partial charge in [-0.25, -0.2) is 0 Å². The van der Waals surface area contributed by atoms with Crippen molar-refractivity contribution in [2.24, 2.45) is 11.8 Å². The highest BCUT2D eigenvalue weighted by Gasteiger charge is 2.41. The summed E-state index contributed by atoms with van der Waals surface area (Å²) in [5.74, 6) is 0.974. The van der Waals surface area contributed by atoms with Crippen molar-refractivity contribution in [1.29, 1.82) is 5.26 Å². The number of benzene rings is 1. The Morgan fingerprint density at radius 2 is 1.96 bits per heavy atom. The molecule has 1 saturated carbocycles. The SMILES string of the molecule is CC(=O)N[C@@H]1C[C@@H]2CN(Cc3ccc(C#N)cc3)C[C@@H]2C[C@H]1O. The molecule has 1 aliphatic carbocycles. The number of likely N-dealkylation sites (tertiary alicyclic amines) is 1. The second kappa shape index (κ2) is 6.69. The van der Waals surface area contributed by atoms with Gasteiger partial charge in [0.15, 0.2) is 0 Å². The maximum Gasteiger partial charge on any atom is 0.217 e. The van der Waals surface area contributed by atoms with Gasteiger partial charge in [0.25, 0.3) is 0 Å². The predicted molar refractivity (Wildman–Crippen MR) is 86.3 cm³/mol. The number of rotatable bonds is 3. The van der Waals surface area contributed by atoms with Crippen LogP contribution in [-0.2, 0) is 11.3 Å². The van der Waals surface area contributed by atoms with Crippen molar-refractivity contribution >= 4 is 5.91 Å². The number of carbonyl (C=O) groups is 1. The highest BCUT2D eigenvalue weighted by molar-refractivity contribution is 5.73. The van der Waals surface area contributed by atoms with Crippen LogP contribution in [0.15, 0.2) is 24.3 Å². The Balaban J connectivity index is 1.59. The quantitative estimate of drug-likeness (QED) is 0.881. The molecule has 2 aliphatic rings. The molecule has 1 heterocycles. The summed E-state index contributed by atoms with van der Waals surface area (Å²) in [6.45, 7) is 4.38. The largest absolute Gasteiger partial charge is 0.391 e. The second-order valence-electron chi connectivity index (χ2n) is 6.87. The van der Waals surface area contributed by atoms with E-state index in [1.807, 2.05) is 24.3 Å². The van der Waals surface area contributed by atoms with E-state index in [1.54, 1.807) is 0 Å². The minimum absolute atomic E-state index is 0.0695. The first-order valence-electron chi connectivity index (χ1n) is 8.21. The fraction of sp³-hybridized carbons (Fsp3) is 0.556. The van der Waals surface area contributed by atoms with Gasteiger partial charge in [0.05, 0.1) is 23.8 Å². The molecule has 5 heteroatoms. The average molecular weight is 313 g/mol. The summed E-state index contributed by atoms with van der Waals surface area (Å²) in [7, 11) is 0. The number of fused-ring (bicyclic) bond motifs is 1. The van der Waals surface area contributed by atoms with Crippen molar-refractivity contribution in [2.75, 3.05) is 13.1 Å². The molecular weight excluding hydrogens is 290 g/mol. The number of aliphatic hydroxyl groups is 1. The molecule has 0 spiro atoms. The van der Waals surface area contributed by atoms with Gasteiger partial charge in [0.1, 0.15) is 0 Å². The zero-order valence-electron chi connectivity index (χ0n) is 13.4. The van der Waals surface area contributed by atoms with E-state index in [1.165, 1.54) is 12.5 Å². The van der Waals surface area contributed by atoms with E-state index in [0.717, 1.165) is 32.5 Å². The van der Waals surface area contributed by atoms with Gasteiger partial charge < -0.3 is 10.4 Å². The Labute approximate surface area is 136 Å². The minimum atomic E-state index is -0.435. The molecule has 0 bridgehead atoms. The molecule has 1 aromatic carbocycles. The van der Waals surface area contributed by atoms with E-state index >= 15 is 0 Å². The summed E-state index contributed by atoms with van der Waals surface area (Å²) in [6, 6.07) is 9.76. The molecule has 3 rings (SSSR count). The van der Waals surface area contributed by atoms with Crippen molar-refractivity contribution in [3.05, 3.63) is 35.4 Å².